The molecule has 1 heterocycles. The van der Waals surface area contributed by atoms with Crippen molar-refractivity contribution in [3.05, 3.63) is 42.4 Å². The van der Waals surface area contributed by atoms with Crippen molar-refractivity contribution >= 4 is 11.8 Å². The SMILES string of the molecule is CNCc1cnc(Oc2ccc(SC)cc2)cn1. The van der Waals surface area contributed by atoms with E-state index in [2.05, 4.69) is 15.3 Å². The van der Waals surface area contributed by atoms with Crippen molar-refractivity contribution in [1.29, 1.82) is 0 Å². The molecule has 4 nitrogen and oxygen atoms in total. The molecule has 0 fully saturated rings. The van der Waals surface area contributed by atoms with Crippen LogP contribution < -0.4 is 10.1 Å². The van der Waals surface area contributed by atoms with Crippen LogP contribution in [0, 0.1) is 0 Å². The maximum Gasteiger partial charge on any atom is 0.237 e. The molecule has 1 N–H and O–H groups in total. The van der Waals surface area contributed by atoms with Crippen molar-refractivity contribution in [3.8, 4) is 11.6 Å². The zero-order chi connectivity index (χ0) is 12.8. The van der Waals surface area contributed by atoms with Gasteiger partial charge in [0.15, 0.2) is 0 Å². The Bertz CT molecular complexity index is 485. The fourth-order valence-corrected chi connectivity index (χ4v) is 1.84. The number of thioether (sulfide) groups is 1. The minimum Gasteiger partial charge on any atom is -0.438 e. The average Bonchev–Trinajstić information content (AvgIpc) is 2.42. The van der Waals surface area contributed by atoms with Gasteiger partial charge in [0.2, 0.25) is 5.88 Å². The Morgan fingerprint density at radius 3 is 2.50 bits per heavy atom. The number of nitrogens with zero attached hydrogens (tertiary/aromatic N) is 2. The number of hydrogen-bond acceptors (Lipinski definition) is 5. The van der Waals surface area contributed by atoms with Crippen LogP contribution in [0.25, 0.3) is 0 Å². The summed E-state index contributed by atoms with van der Waals surface area (Å²) >= 11 is 1.70. The molecule has 18 heavy (non-hydrogen) atoms. The number of benzene rings is 1. The summed E-state index contributed by atoms with van der Waals surface area (Å²) in [6.45, 7) is 0.704. The van der Waals surface area contributed by atoms with E-state index in [4.69, 9.17) is 4.74 Å². The molecule has 94 valence electrons. The van der Waals surface area contributed by atoms with Gasteiger partial charge in [0.1, 0.15) is 5.75 Å². The van der Waals surface area contributed by atoms with Gasteiger partial charge in [-0.1, -0.05) is 0 Å². The van der Waals surface area contributed by atoms with Gasteiger partial charge >= 0.3 is 0 Å². The van der Waals surface area contributed by atoms with E-state index in [1.807, 2.05) is 37.6 Å². The first-order valence-electron chi connectivity index (χ1n) is 5.59. The number of nitrogens with one attached hydrogen (secondary N) is 1. The van der Waals surface area contributed by atoms with Crippen LogP contribution in [-0.2, 0) is 6.54 Å². The van der Waals surface area contributed by atoms with Gasteiger partial charge in [-0.05, 0) is 37.6 Å². The summed E-state index contributed by atoms with van der Waals surface area (Å²) in [7, 11) is 1.87. The lowest BCUT2D eigenvalue weighted by Gasteiger charge is -2.05. The third-order valence-corrected chi connectivity index (χ3v) is 3.06. The van der Waals surface area contributed by atoms with E-state index in [0.717, 1.165) is 11.4 Å². The molecule has 0 saturated carbocycles. The Labute approximate surface area is 111 Å². The molecule has 0 spiro atoms. The molecule has 1 aromatic heterocycles. The first-order chi connectivity index (χ1) is 8.81. The first-order valence-corrected chi connectivity index (χ1v) is 6.81. The van der Waals surface area contributed by atoms with Crippen LogP contribution in [-0.4, -0.2) is 23.3 Å². The van der Waals surface area contributed by atoms with Crippen LogP contribution in [0.1, 0.15) is 5.69 Å². The third-order valence-electron chi connectivity index (χ3n) is 2.32. The molecule has 0 amide bonds. The maximum absolute atomic E-state index is 5.61. The van der Waals surface area contributed by atoms with Gasteiger partial charge in [0, 0.05) is 11.4 Å². The summed E-state index contributed by atoms with van der Waals surface area (Å²) in [5, 5.41) is 3.02. The first kappa shape index (κ1) is 12.9. The Balaban J connectivity index is 2.03. The summed E-state index contributed by atoms with van der Waals surface area (Å²) in [5.41, 5.74) is 0.891. The topological polar surface area (TPSA) is 47.0 Å². The van der Waals surface area contributed by atoms with Crippen molar-refractivity contribution in [3.63, 3.8) is 0 Å². The molecule has 1 aromatic carbocycles. The number of hydrogen-bond donors (Lipinski definition) is 1. The third kappa shape index (κ3) is 3.45. The molecule has 5 heteroatoms. The number of ether oxygens (including phenoxy) is 1. The minimum absolute atomic E-state index is 0.506. The molecular formula is C13H15N3OS. The Morgan fingerprint density at radius 1 is 1.17 bits per heavy atom. The van der Waals surface area contributed by atoms with Gasteiger partial charge in [-0.25, -0.2) is 4.98 Å². The number of aromatic nitrogens is 2. The van der Waals surface area contributed by atoms with Gasteiger partial charge in [0.05, 0.1) is 18.1 Å². The molecule has 0 atom stereocenters. The Kier molecular flexibility index (Phi) is 4.55. The summed E-state index contributed by atoms with van der Waals surface area (Å²) in [4.78, 5) is 9.66. The zero-order valence-corrected chi connectivity index (χ0v) is 11.2. The van der Waals surface area contributed by atoms with Crippen LogP contribution >= 0.6 is 11.8 Å². The lowest BCUT2D eigenvalue weighted by atomic mass is 10.3. The highest BCUT2D eigenvalue weighted by atomic mass is 32.2. The smallest absolute Gasteiger partial charge is 0.237 e. The largest absolute Gasteiger partial charge is 0.438 e. The highest BCUT2D eigenvalue weighted by molar-refractivity contribution is 7.98. The molecule has 2 rings (SSSR count). The predicted octanol–water partition coefficient (Wildman–Crippen LogP) is 2.71. The second-order valence-electron chi connectivity index (χ2n) is 3.65. The fraction of sp³-hybridized carbons (Fsp3) is 0.231. The van der Waals surface area contributed by atoms with Gasteiger partial charge in [-0.15, -0.1) is 11.8 Å². The van der Waals surface area contributed by atoms with E-state index in [1.165, 1.54) is 4.90 Å². The lowest BCUT2D eigenvalue weighted by Crippen LogP contribution is -2.07. The molecule has 0 bridgehead atoms. The van der Waals surface area contributed by atoms with E-state index in [9.17, 15) is 0 Å². The maximum atomic E-state index is 5.61. The van der Waals surface area contributed by atoms with Gasteiger partial charge in [-0.3, -0.25) is 4.98 Å². The van der Waals surface area contributed by atoms with Crippen LogP contribution in [0.4, 0.5) is 0 Å². The number of rotatable bonds is 5. The normalized spacial score (nSPS) is 10.3. The second-order valence-corrected chi connectivity index (χ2v) is 4.53. The second kappa shape index (κ2) is 6.37. The Hall–Kier alpha value is -1.59. The molecular weight excluding hydrogens is 246 g/mol. The molecule has 0 radical (unpaired) electrons. The lowest BCUT2D eigenvalue weighted by molar-refractivity contribution is 0.458. The summed E-state index contributed by atoms with van der Waals surface area (Å²) in [6, 6.07) is 7.88. The minimum atomic E-state index is 0.506. The van der Waals surface area contributed by atoms with E-state index in [1.54, 1.807) is 24.2 Å². The van der Waals surface area contributed by atoms with Crippen molar-refractivity contribution in [2.45, 2.75) is 11.4 Å². The van der Waals surface area contributed by atoms with Crippen molar-refractivity contribution < 1.29 is 4.74 Å². The Morgan fingerprint density at radius 2 is 1.94 bits per heavy atom. The standard InChI is InChI=1S/C13H15N3OS/c1-14-7-10-8-16-13(9-15-10)17-11-3-5-12(18-2)6-4-11/h3-6,8-9,14H,7H2,1-2H3. The van der Waals surface area contributed by atoms with Crippen LogP contribution in [0.2, 0.25) is 0 Å². The van der Waals surface area contributed by atoms with Crippen LogP contribution in [0.3, 0.4) is 0 Å². The highest BCUT2D eigenvalue weighted by Crippen LogP contribution is 2.22. The molecule has 0 saturated heterocycles. The highest BCUT2D eigenvalue weighted by Gasteiger charge is 2.00. The predicted molar refractivity (Wildman–Crippen MR) is 73.1 cm³/mol. The van der Waals surface area contributed by atoms with E-state index >= 15 is 0 Å². The zero-order valence-electron chi connectivity index (χ0n) is 10.4. The average molecular weight is 261 g/mol. The van der Waals surface area contributed by atoms with Gasteiger partial charge in [-0.2, -0.15) is 0 Å². The molecule has 0 unspecified atom stereocenters. The van der Waals surface area contributed by atoms with Crippen LogP contribution in [0.5, 0.6) is 11.6 Å². The van der Waals surface area contributed by atoms with Gasteiger partial charge < -0.3 is 10.1 Å². The van der Waals surface area contributed by atoms with Crippen molar-refractivity contribution in [2.24, 2.45) is 0 Å². The van der Waals surface area contributed by atoms with E-state index < -0.39 is 0 Å². The van der Waals surface area contributed by atoms with Crippen molar-refractivity contribution in [1.82, 2.24) is 15.3 Å². The monoisotopic (exact) mass is 261 g/mol. The summed E-state index contributed by atoms with van der Waals surface area (Å²) in [6.07, 6.45) is 5.39. The van der Waals surface area contributed by atoms with Crippen molar-refractivity contribution in [2.75, 3.05) is 13.3 Å². The van der Waals surface area contributed by atoms with E-state index in [0.29, 0.717) is 12.4 Å². The van der Waals surface area contributed by atoms with Crippen LogP contribution in [0.15, 0.2) is 41.6 Å². The van der Waals surface area contributed by atoms with E-state index in [-0.39, 0.29) is 0 Å². The molecule has 2 aromatic rings. The van der Waals surface area contributed by atoms with Gasteiger partial charge in [0.25, 0.3) is 0 Å². The fourth-order valence-electron chi connectivity index (χ4n) is 1.43. The molecule has 0 aliphatic heterocycles. The summed E-state index contributed by atoms with van der Waals surface area (Å²) in [5.74, 6) is 1.27. The quantitative estimate of drug-likeness (QED) is 0.839. The molecule has 0 aliphatic carbocycles. The molecule has 0 aliphatic rings. The summed E-state index contributed by atoms with van der Waals surface area (Å²) < 4.78 is 5.61.